The SMILES string of the molecule is Cc1cnc(Nc2nc(NCc3ccc4c(c3)OCO4)nc(N3CCN(C)CC3)n2)o1. The number of aromatic nitrogens is 4. The zero-order chi connectivity index (χ0) is 21.2. The zero-order valence-electron chi connectivity index (χ0n) is 17.5. The van der Waals surface area contributed by atoms with E-state index in [-0.39, 0.29) is 6.79 Å². The number of nitrogens with zero attached hydrogens (tertiary/aromatic N) is 6. The number of ether oxygens (including phenoxy) is 2. The molecular formula is C20H24N8O3. The summed E-state index contributed by atoms with van der Waals surface area (Å²) in [6, 6.07) is 6.18. The number of aryl methyl sites for hydroxylation is 1. The van der Waals surface area contributed by atoms with E-state index in [0.717, 1.165) is 43.2 Å². The maximum atomic E-state index is 5.51. The van der Waals surface area contributed by atoms with E-state index in [4.69, 9.17) is 13.9 Å². The van der Waals surface area contributed by atoms with Crippen molar-refractivity contribution >= 4 is 23.9 Å². The molecule has 2 aliphatic rings. The second kappa shape index (κ2) is 8.26. The van der Waals surface area contributed by atoms with Gasteiger partial charge in [-0.1, -0.05) is 6.07 Å². The van der Waals surface area contributed by atoms with Crippen LogP contribution >= 0.6 is 0 Å². The standard InChI is InChI=1S/C20H24N8O3/c1-13-10-22-20(31-13)26-18-23-17(24-19(25-18)28-7-5-27(2)6-8-28)21-11-14-3-4-15-16(9-14)30-12-29-15/h3-4,9-10H,5-8,11-12H2,1-2H3,(H2,21,22,23,24,25,26). The Hall–Kier alpha value is -3.60. The highest BCUT2D eigenvalue weighted by Crippen LogP contribution is 2.32. The molecule has 2 N–H and O–H groups in total. The summed E-state index contributed by atoms with van der Waals surface area (Å²) < 4.78 is 16.3. The first-order valence-electron chi connectivity index (χ1n) is 10.1. The van der Waals surface area contributed by atoms with Gasteiger partial charge in [0.2, 0.25) is 24.6 Å². The molecule has 0 bridgehead atoms. The lowest BCUT2D eigenvalue weighted by Crippen LogP contribution is -2.45. The Labute approximate surface area is 179 Å². The highest BCUT2D eigenvalue weighted by atomic mass is 16.7. The summed E-state index contributed by atoms with van der Waals surface area (Å²) in [6.07, 6.45) is 1.64. The summed E-state index contributed by atoms with van der Waals surface area (Å²) in [4.78, 5) is 22.3. The summed E-state index contributed by atoms with van der Waals surface area (Å²) in [5.41, 5.74) is 1.03. The molecule has 0 saturated carbocycles. The Kier molecular flexibility index (Phi) is 5.16. The average molecular weight is 424 g/mol. The number of likely N-dealkylation sites (N-methyl/N-ethyl adjacent to an activating group) is 1. The Bertz CT molecular complexity index is 1060. The second-order valence-electron chi connectivity index (χ2n) is 7.52. The first-order chi connectivity index (χ1) is 15.1. The van der Waals surface area contributed by atoms with Crippen LogP contribution in [0.2, 0.25) is 0 Å². The van der Waals surface area contributed by atoms with Crippen LogP contribution in [0, 0.1) is 6.92 Å². The highest BCUT2D eigenvalue weighted by Gasteiger charge is 2.19. The number of oxazole rings is 1. The van der Waals surface area contributed by atoms with Gasteiger partial charge < -0.3 is 29.0 Å². The summed E-state index contributed by atoms with van der Waals surface area (Å²) in [6.45, 7) is 6.21. The molecular weight excluding hydrogens is 400 g/mol. The van der Waals surface area contributed by atoms with Crippen LogP contribution in [-0.4, -0.2) is 64.9 Å². The molecule has 1 fully saturated rings. The molecule has 2 aliphatic heterocycles. The molecule has 0 radical (unpaired) electrons. The van der Waals surface area contributed by atoms with E-state index in [1.54, 1.807) is 6.20 Å². The molecule has 2 aromatic heterocycles. The molecule has 3 aromatic rings. The summed E-state index contributed by atoms with van der Waals surface area (Å²) in [7, 11) is 2.11. The lowest BCUT2D eigenvalue weighted by molar-refractivity contribution is 0.174. The van der Waals surface area contributed by atoms with Gasteiger partial charge in [0.1, 0.15) is 5.76 Å². The number of fused-ring (bicyclic) bond motifs is 1. The molecule has 1 aromatic carbocycles. The van der Waals surface area contributed by atoms with Gasteiger partial charge in [0.05, 0.1) is 6.20 Å². The smallest absolute Gasteiger partial charge is 0.301 e. The molecule has 0 aliphatic carbocycles. The lowest BCUT2D eigenvalue weighted by atomic mass is 10.2. The van der Waals surface area contributed by atoms with E-state index in [9.17, 15) is 0 Å². The second-order valence-corrected chi connectivity index (χ2v) is 7.52. The Morgan fingerprint density at radius 2 is 1.81 bits per heavy atom. The maximum Gasteiger partial charge on any atom is 0.301 e. The third-order valence-corrected chi connectivity index (χ3v) is 5.14. The van der Waals surface area contributed by atoms with Crippen molar-refractivity contribution in [2.75, 3.05) is 55.6 Å². The normalized spacial score (nSPS) is 15.9. The van der Waals surface area contributed by atoms with Gasteiger partial charge in [0.15, 0.2) is 11.5 Å². The number of piperazine rings is 1. The minimum absolute atomic E-state index is 0.253. The minimum Gasteiger partial charge on any atom is -0.454 e. The minimum atomic E-state index is 0.253. The van der Waals surface area contributed by atoms with Gasteiger partial charge in [-0.2, -0.15) is 15.0 Å². The molecule has 0 atom stereocenters. The van der Waals surface area contributed by atoms with Crippen molar-refractivity contribution in [2.24, 2.45) is 0 Å². The zero-order valence-corrected chi connectivity index (χ0v) is 17.5. The number of hydrogen-bond acceptors (Lipinski definition) is 11. The van der Waals surface area contributed by atoms with Crippen LogP contribution in [0.3, 0.4) is 0 Å². The Balaban J connectivity index is 1.36. The third kappa shape index (κ3) is 4.45. The van der Waals surface area contributed by atoms with Crippen molar-refractivity contribution in [3.05, 3.63) is 35.7 Å². The largest absolute Gasteiger partial charge is 0.454 e. The fourth-order valence-electron chi connectivity index (χ4n) is 3.39. The summed E-state index contributed by atoms with van der Waals surface area (Å²) in [5, 5.41) is 6.32. The van der Waals surface area contributed by atoms with Crippen LogP contribution in [0.25, 0.3) is 0 Å². The molecule has 11 heteroatoms. The van der Waals surface area contributed by atoms with Crippen molar-refractivity contribution in [1.29, 1.82) is 0 Å². The molecule has 0 unspecified atom stereocenters. The molecule has 5 rings (SSSR count). The quantitative estimate of drug-likeness (QED) is 0.605. The number of nitrogens with one attached hydrogen (secondary N) is 2. The predicted octanol–water partition coefficient (Wildman–Crippen LogP) is 2.00. The van der Waals surface area contributed by atoms with Crippen LogP contribution in [0.5, 0.6) is 11.5 Å². The van der Waals surface area contributed by atoms with Gasteiger partial charge in [-0.25, -0.2) is 4.98 Å². The Morgan fingerprint density at radius 1 is 1.00 bits per heavy atom. The van der Waals surface area contributed by atoms with Gasteiger partial charge in [-0.15, -0.1) is 0 Å². The van der Waals surface area contributed by atoms with Gasteiger partial charge in [0.25, 0.3) is 0 Å². The van der Waals surface area contributed by atoms with Gasteiger partial charge in [-0.05, 0) is 31.7 Å². The molecule has 31 heavy (non-hydrogen) atoms. The van der Waals surface area contributed by atoms with Crippen molar-refractivity contribution in [2.45, 2.75) is 13.5 Å². The summed E-state index contributed by atoms with van der Waals surface area (Å²) >= 11 is 0. The fraction of sp³-hybridized carbons (Fsp3) is 0.400. The van der Waals surface area contributed by atoms with E-state index in [2.05, 4.69) is 47.4 Å². The van der Waals surface area contributed by atoms with Gasteiger partial charge >= 0.3 is 6.01 Å². The van der Waals surface area contributed by atoms with Crippen LogP contribution in [0.1, 0.15) is 11.3 Å². The number of rotatable bonds is 6. The molecule has 162 valence electrons. The number of hydrogen-bond donors (Lipinski definition) is 2. The first-order valence-corrected chi connectivity index (χ1v) is 10.1. The van der Waals surface area contributed by atoms with E-state index in [0.29, 0.717) is 36.2 Å². The molecule has 1 saturated heterocycles. The van der Waals surface area contributed by atoms with E-state index < -0.39 is 0 Å². The van der Waals surface area contributed by atoms with Crippen molar-refractivity contribution < 1.29 is 13.9 Å². The fourth-order valence-corrected chi connectivity index (χ4v) is 3.39. The lowest BCUT2D eigenvalue weighted by Gasteiger charge is -2.32. The predicted molar refractivity (Wildman–Crippen MR) is 114 cm³/mol. The van der Waals surface area contributed by atoms with Crippen LogP contribution in [0.4, 0.5) is 23.9 Å². The van der Waals surface area contributed by atoms with Crippen LogP contribution in [0.15, 0.2) is 28.8 Å². The monoisotopic (exact) mass is 424 g/mol. The van der Waals surface area contributed by atoms with Crippen LogP contribution < -0.4 is 25.0 Å². The third-order valence-electron chi connectivity index (χ3n) is 5.14. The first kappa shape index (κ1) is 19.4. The van der Waals surface area contributed by atoms with Gasteiger partial charge in [0, 0.05) is 32.7 Å². The van der Waals surface area contributed by atoms with Crippen molar-refractivity contribution in [1.82, 2.24) is 24.8 Å². The number of anilines is 4. The van der Waals surface area contributed by atoms with Crippen molar-refractivity contribution in [3.63, 3.8) is 0 Å². The molecule has 4 heterocycles. The van der Waals surface area contributed by atoms with Crippen molar-refractivity contribution in [3.8, 4) is 11.5 Å². The van der Waals surface area contributed by atoms with Gasteiger partial charge in [-0.3, -0.25) is 5.32 Å². The Morgan fingerprint density at radius 3 is 2.61 bits per heavy atom. The topological polar surface area (TPSA) is 114 Å². The molecule has 11 nitrogen and oxygen atoms in total. The summed E-state index contributed by atoms with van der Waals surface area (Å²) in [5.74, 6) is 3.66. The highest BCUT2D eigenvalue weighted by molar-refractivity contribution is 5.50. The van der Waals surface area contributed by atoms with E-state index in [1.807, 2.05) is 25.1 Å². The van der Waals surface area contributed by atoms with E-state index in [1.165, 1.54) is 0 Å². The van der Waals surface area contributed by atoms with E-state index >= 15 is 0 Å². The maximum absolute atomic E-state index is 5.51. The molecule has 0 spiro atoms. The number of benzene rings is 1. The average Bonchev–Trinajstić information content (AvgIpc) is 3.41. The van der Waals surface area contributed by atoms with Crippen LogP contribution in [-0.2, 0) is 6.54 Å². The molecule has 0 amide bonds.